The van der Waals surface area contributed by atoms with E-state index in [2.05, 4.69) is 31.4 Å². The second kappa shape index (κ2) is 13.5. The van der Waals surface area contributed by atoms with Gasteiger partial charge in [-0.15, -0.1) is 0 Å². The highest BCUT2D eigenvalue weighted by molar-refractivity contribution is 6.05. The van der Waals surface area contributed by atoms with E-state index in [1.54, 1.807) is 12.1 Å². The van der Waals surface area contributed by atoms with Crippen LogP contribution in [0, 0.1) is 17.7 Å². The molecular formula is C29H39FN2O4. The van der Waals surface area contributed by atoms with E-state index in [-0.39, 0.29) is 30.3 Å². The van der Waals surface area contributed by atoms with E-state index < -0.39 is 24.0 Å². The van der Waals surface area contributed by atoms with E-state index in [1.807, 2.05) is 30.3 Å². The third kappa shape index (κ3) is 8.14. The van der Waals surface area contributed by atoms with Crippen molar-refractivity contribution in [3.63, 3.8) is 0 Å². The number of rotatable bonds is 14. The van der Waals surface area contributed by atoms with Gasteiger partial charge in [-0.25, -0.2) is 9.18 Å². The monoisotopic (exact) mass is 498 g/mol. The molecule has 1 aliphatic rings. The zero-order chi connectivity index (χ0) is 26.1. The number of ether oxygens (including phenoxy) is 1. The Morgan fingerprint density at radius 2 is 1.81 bits per heavy atom. The van der Waals surface area contributed by atoms with Gasteiger partial charge in [-0.3, -0.25) is 4.79 Å². The predicted octanol–water partition coefficient (Wildman–Crippen LogP) is 4.96. The highest BCUT2D eigenvalue weighted by atomic mass is 19.1. The van der Waals surface area contributed by atoms with Gasteiger partial charge in [0.1, 0.15) is 18.2 Å². The number of alkyl carbamates (subject to hydrolysis) is 1. The smallest absolute Gasteiger partial charge is 0.407 e. The van der Waals surface area contributed by atoms with Gasteiger partial charge in [0, 0.05) is 18.6 Å². The molecule has 1 amide bonds. The minimum Gasteiger partial charge on any atom is -0.445 e. The van der Waals surface area contributed by atoms with Gasteiger partial charge >= 0.3 is 6.09 Å². The van der Waals surface area contributed by atoms with Crippen LogP contribution >= 0.6 is 0 Å². The fraction of sp³-hybridized carbons (Fsp3) is 0.517. The van der Waals surface area contributed by atoms with Gasteiger partial charge in [-0.1, -0.05) is 76.1 Å². The van der Waals surface area contributed by atoms with Gasteiger partial charge in [0.15, 0.2) is 0 Å². The molecule has 0 aromatic heterocycles. The summed E-state index contributed by atoms with van der Waals surface area (Å²) in [5.74, 6) is -0.921. The van der Waals surface area contributed by atoms with E-state index in [0.29, 0.717) is 18.9 Å². The lowest BCUT2D eigenvalue weighted by molar-refractivity contribution is -0.112. The molecule has 1 fully saturated rings. The molecule has 2 aromatic rings. The molecule has 196 valence electrons. The summed E-state index contributed by atoms with van der Waals surface area (Å²) in [7, 11) is 0. The molecule has 5 atom stereocenters. The minimum absolute atomic E-state index is 0.0150. The van der Waals surface area contributed by atoms with Crippen LogP contribution in [-0.4, -0.2) is 41.7 Å². The summed E-state index contributed by atoms with van der Waals surface area (Å²) in [6, 6.07) is 14.9. The van der Waals surface area contributed by atoms with Crippen LogP contribution in [0.1, 0.15) is 63.5 Å². The Bertz CT molecular complexity index is 967. The van der Waals surface area contributed by atoms with Crippen LogP contribution in [-0.2, 0) is 16.1 Å². The van der Waals surface area contributed by atoms with Crippen LogP contribution < -0.4 is 10.6 Å². The van der Waals surface area contributed by atoms with Gasteiger partial charge in [0.05, 0.1) is 17.9 Å². The zero-order valence-corrected chi connectivity index (χ0v) is 21.5. The van der Waals surface area contributed by atoms with Gasteiger partial charge in [0.2, 0.25) is 0 Å². The quantitative estimate of drug-likeness (QED) is 0.343. The largest absolute Gasteiger partial charge is 0.445 e. The molecule has 0 saturated heterocycles. The number of ketones is 1. The Balaban J connectivity index is 1.58. The van der Waals surface area contributed by atoms with Crippen molar-refractivity contribution in [1.29, 1.82) is 0 Å². The number of benzene rings is 2. The highest BCUT2D eigenvalue weighted by Gasteiger charge is 2.55. The summed E-state index contributed by atoms with van der Waals surface area (Å²) in [5, 5.41) is 17.5. The third-order valence-electron chi connectivity index (χ3n) is 6.68. The molecular weight excluding hydrogens is 459 g/mol. The Morgan fingerprint density at radius 3 is 2.44 bits per heavy atom. The molecule has 1 saturated carbocycles. The molecule has 2 aromatic carbocycles. The van der Waals surface area contributed by atoms with Gasteiger partial charge < -0.3 is 20.5 Å². The van der Waals surface area contributed by atoms with Crippen LogP contribution in [0.2, 0.25) is 0 Å². The number of carbonyl (C=O) groups is 2. The SMILES string of the molecule is CCCC[C@H](NC[C@@H](CC(C)C)NC(=O)OCc1ccccc1)C(O)C1C(=O)C1c1ccc(F)cc1. The maximum absolute atomic E-state index is 13.3. The summed E-state index contributed by atoms with van der Waals surface area (Å²) in [4.78, 5) is 25.0. The van der Waals surface area contributed by atoms with Crippen LogP contribution in [0.3, 0.4) is 0 Å². The topological polar surface area (TPSA) is 87.7 Å². The summed E-state index contributed by atoms with van der Waals surface area (Å²) in [6.07, 6.45) is 1.98. The van der Waals surface area contributed by atoms with Crippen molar-refractivity contribution >= 4 is 11.9 Å². The van der Waals surface area contributed by atoms with Crippen LogP contribution in [0.25, 0.3) is 0 Å². The summed E-state index contributed by atoms with van der Waals surface area (Å²) >= 11 is 0. The van der Waals surface area contributed by atoms with Crippen molar-refractivity contribution in [3.8, 4) is 0 Å². The number of carbonyl (C=O) groups excluding carboxylic acids is 2. The fourth-order valence-electron chi connectivity index (χ4n) is 4.72. The lowest BCUT2D eigenvalue weighted by atomic mass is 9.96. The van der Waals surface area contributed by atoms with Crippen molar-refractivity contribution in [1.82, 2.24) is 10.6 Å². The molecule has 6 nitrogen and oxygen atoms in total. The molecule has 36 heavy (non-hydrogen) atoms. The van der Waals surface area contributed by atoms with Crippen LogP contribution in [0.15, 0.2) is 54.6 Å². The maximum Gasteiger partial charge on any atom is 0.407 e. The van der Waals surface area contributed by atoms with E-state index >= 15 is 0 Å². The lowest BCUT2D eigenvalue weighted by Gasteiger charge is -2.28. The molecule has 0 radical (unpaired) electrons. The van der Waals surface area contributed by atoms with Crippen LogP contribution in [0.4, 0.5) is 9.18 Å². The Hall–Kier alpha value is -2.77. The van der Waals surface area contributed by atoms with Crippen molar-refractivity contribution in [2.75, 3.05) is 6.54 Å². The molecule has 0 bridgehead atoms. The first-order chi connectivity index (χ1) is 17.3. The average Bonchev–Trinajstić information content (AvgIpc) is 3.53. The van der Waals surface area contributed by atoms with Gasteiger partial charge in [-0.05, 0) is 42.0 Å². The standard InChI is InChI=1S/C29H39FN2O4/c1-4-5-11-24(27(33)26-25(28(26)34)21-12-14-22(30)15-13-21)31-17-23(16-19(2)3)32-29(35)36-18-20-9-7-6-8-10-20/h6-10,12-15,19,23-27,31,33H,4-5,11,16-18H2,1-3H3,(H,32,35)/t23-,24+,25?,26?,27?/m1/s1. The van der Waals surface area contributed by atoms with Crippen molar-refractivity contribution < 1.29 is 23.8 Å². The van der Waals surface area contributed by atoms with E-state index in [1.165, 1.54) is 12.1 Å². The number of aliphatic hydroxyl groups is 1. The van der Waals surface area contributed by atoms with Crippen molar-refractivity contribution in [2.45, 2.75) is 77.2 Å². The number of nitrogens with one attached hydrogen (secondary N) is 2. The summed E-state index contributed by atoms with van der Waals surface area (Å²) in [5.41, 5.74) is 1.65. The highest BCUT2D eigenvalue weighted by Crippen LogP contribution is 2.46. The summed E-state index contributed by atoms with van der Waals surface area (Å²) < 4.78 is 18.7. The Labute approximate surface area is 213 Å². The number of unbranched alkanes of at least 4 members (excludes halogenated alkanes) is 1. The zero-order valence-electron chi connectivity index (χ0n) is 21.5. The normalized spacial score (nSPS) is 19.6. The first-order valence-electron chi connectivity index (χ1n) is 13.0. The molecule has 0 aliphatic heterocycles. The lowest BCUT2D eigenvalue weighted by Crippen LogP contribution is -2.49. The molecule has 0 spiro atoms. The molecule has 3 unspecified atom stereocenters. The number of hydrogen-bond acceptors (Lipinski definition) is 5. The Morgan fingerprint density at radius 1 is 1.11 bits per heavy atom. The number of hydrogen-bond donors (Lipinski definition) is 3. The maximum atomic E-state index is 13.3. The molecule has 7 heteroatoms. The van der Waals surface area contributed by atoms with Gasteiger partial charge in [-0.2, -0.15) is 0 Å². The third-order valence-corrected chi connectivity index (χ3v) is 6.68. The number of halogens is 1. The molecule has 3 rings (SSSR count). The first-order valence-corrected chi connectivity index (χ1v) is 13.0. The van der Waals surface area contributed by atoms with E-state index in [9.17, 15) is 19.1 Å². The first kappa shape index (κ1) is 27.8. The second-order valence-corrected chi connectivity index (χ2v) is 10.1. The van der Waals surface area contributed by atoms with Crippen molar-refractivity contribution in [2.24, 2.45) is 11.8 Å². The Kier molecular flexibility index (Phi) is 10.4. The van der Waals surface area contributed by atoms with E-state index in [0.717, 1.165) is 30.4 Å². The molecule has 3 N–H and O–H groups in total. The van der Waals surface area contributed by atoms with Gasteiger partial charge in [0.25, 0.3) is 0 Å². The molecule has 1 aliphatic carbocycles. The minimum atomic E-state index is -0.858. The van der Waals surface area contributed by atoms with E-state index in [4.69, 9.17) is 4.74 Å². The average molecular weight is 499 g/mol. The van der Waals surface area contributed by atoms with Crippen molar-refractivity contribution in [3.05, 3.63) is 71.5 Å². The fourth-order valence-corrected chi connectivity index (χ4v) is 4.72. The number of amides is 1. The van der Waals surface area contributed by atoms with Crippen LogP contribution in [0.5, 0.6) is 0 Å². The molecule has 0 heterocycles. The number of aliphatic hydroxyl groups excluding tert-OH is 1. The second-order valence-electron chi connectivity index (χ2n) is 10.1. The number of Topliss-reactive ketones (excluding diaryl/α,β-unsaturated/α-hetero) is 1. The summed E-state index contributed by atoms with van der Waals surface area (Å²) in [6.45, 7) is 6.90. The predicted molar refractivity (Wildman–Crippen MR) is 138 cm³/mol.